The van der Waals surface area contributed by atoms with Gasteiger partial charge in [0.2, 0.25) is 0 Å². The van der Waals surface area contributed by atoms with Crippen LogP contribution in [0.15, 0.2) is 18.3 Å². The van der Waals surface area contributed by atoms with E-state index in [0.29, 0.717) is 18.7 Å². The standard InChI is InChI=1S/C16H24N2O3/c1-5-17-10-6-8-12(17)14(19)18-11-7-9-13(18)15(20)21-16(2,3)4/h6,8,10,13H,5,7,9,11H2,1-4H3/t13-/m0/s1. The highest BCUT2D eigenvalue weighted by Gasteiger charge is 2.37. The normalized spacial score (nSPS) is 18.9. The first-order valence-corrected chi connectivity index (χ1v) is 7.52. The first kappa shape index (κ1) is 15.6. The molecule has 0 N–H and O–H groups in total. The number of hydrogen-bond acceptors (Lipinski definition) is 3. The third kappa shape index (κ3) is 3.46. The van der Waals surface area contributed by atoms with Crippen LogP contribution in [0.2, 0.25) is 0 Å². The highest BCUT2D eigenvalue weighted by molar-refractivity contribution is 5.96. The first-order valence-electron chi connectivity index (χ1n) is 7.52. The molecule has 1 aromatic heterocycles. The summed E-state index contributed by atoms with van der Waals surface area (Å²) in [6, 6.07) is 3.20. The monoisotopic (exact) mass is 292 g/mol. The number of esters is 1. The largest absolute Gasteiger partial charge is 0.458 e. The molecule has 0 aromatic carbocycles. The molecular formula is C16H24N2O3. The molecule has 1 aliphatic rings. The molecule has 0 unspecified atom stereocenters. The minimum Gasteiger partial charge on any atom is -0.458 e. The molecule has 5 heteroatoms. The predicted molar refractivity (Wildman–Crippen MR) is 80.0 cm³/mol. The number of nitrogens with zero attached hydrogens (tertiary/aromatic N) is 2. The summed E-state index contributed by atoms with van der Waals surface area (Å²) < 4.78 is 7.33. The van der Waals surface area contributed by atoms with Gasteiger partial charge < -0.3 is 14.2 Å². The molecule has 1 fully saturated rings. The molecule has 1 aromatic rings. The Bertz CT molecular complexity index is 528. The Labute approximate surface area is 125 Å². The smallest absolute Gasteiger partial charge is 0.329 e. The number of aromatic nitrogens is 1. The number of ether oxygens (including phenoxy) is 1. The molecule has 116 valence electrons. The quantitative estimate of drug-likeness (QED) is 0.804. The van der Waals surface area contributed by atoms with Crippen molar-refractivity contribution >= 4 is 11.9 Å². The van der Waals surface area contributed by atoms with E-state index in [2.05, 4.69) is 0 Å². The van der Waals surface area contributed by atoms with Crippen LogP contribution in [0, 0.1) is 0 Å². The number of aryl methyl sites for hydroxylation is 1. The van der Waals surface area contributed by atoms with E-state index in [0.717, 1.165) is 13.0 Å². The zero-order chi connectivity index (χ0) is 15.6. The van der Waals surface area contributed by atoms with E-state index in [4.69, 9.17) is 4.74 Å². The van der Waals surface area contributed by atoms with Gasteiger partial charge >= 0.3 is 5.97 Å². The lowest BCUT2D eigenvalue weighted by Crippen LogP contribution is -2.44. The van der Waals surface area contributed by atoms with Crippen LogP contribution in [0.5, 0.6) is 0 Å². The molecule has 1 saturated heterocycles. The Morgan fingerprint density at radius 2 is 2.10 bits per heavy atom. The average Bonchev–Trinajstić information content (AvgIpc) is 3.04. The fourth-order valence-corrected chi connectivity index (χ4v) is 2.66. The van der Waals surface area contributed by atoms with Gasteiger partial charge in [-0.05, 0) is 52.7 Å². The Kier molecular flexibility index (Phi) is 4.40. The number of carbonyl (C=O) groups excluding carboxylic acids is 2. The fraction of sp³-hybridized carbons (Fsp3) is 0.625. The summed E-state index contributed by atoms with van der Waals surface area (Å²) in [4.78, 5) is 26.6. The van der Waals surface area contributed by atoms with Gasteiger partial charge in [0.1, 0.15) is 17.3 Å². The Morgan fingerprint density at radius 3 is 2.71 bits per heavy atom. The van der Waals surface area contributed by atoms with Crippen LogP contribution < -0.4 is 0 Å². The Balaban J connectivity index is 2.15. The zero-order valence-corrected chi connectivity index (χ0v) is 13.3. The number of likely N-dealkylation sites (tertiary alicyclic amines) is 1. The SMILES string of the molecule is CCn1cccc1C(=O)N1CCC[C@H]1C(=O)OC(C)(C)C. The van der Waals surface area contributed by atoms with Crippen molar-refractivity contribution in [2.75, 3.05) is 6.54 Å². The van der Waals surface area contributed by atoms with E-state index >= 15 is 0 Å². The molecule has 0 saturated carbocycles. The molecule has 1 aliphatic heterocycles. The van der Waals surface area contributed by atoms with Gasteiger partial charge in [0.05, 0.1) is 0 Å². The highest BCUT2D eigenvalue weighted by Crippen LogP contribution is 2.23. The van der Waals surface area contributed by atoms with Gasteiger partial charge in [-0.2, -0.15) is 0 Å². The zero-order valence-electron chi connectivity index (χ0n) is 13.3. The topological polar surface area (TPSA) is 51.5 Å². The summed E-state index contributed by atoms with van der Waals surface area (Å²) in [5.41, 5.74) is 0.103. The molecule has 2 rings (SSSR count). The van der Waals surface area contributed by atoms with Crippen molar-refractivity contribution in [1.29, 1.82) is 0 Å². The van der Waals surface area contributed by atoms with Crippen LogP contribution >= 0.6 is 0 Å². The number of carbonyl (C=O) groups is 2. The maximum atomic E-state index is 12.7. The number of amides is 1. The van der Waals surface area contributed by atoms with Gasteiger partial charge in [-0.15, -0.1) is 0 Å². The summed E-state index contributed by atoms with van der Waals surface area (Å²) in [7, 11) is 0. The minimum atomic E-state index is -0.530. The number of rotatable bonds is 3. The van der Waals surface area contributed by atoms with Crippen molar-refractivity contribution in [3.63, 3.8) is 0 Å². The van der Waals surface area contributed by atoms with Crippen LogP contribution in [0.4, 0.5) is 0 Å². The molecule has 0 spiro atoms. The molecule has 5 nitrogen and oxygen atoms in total. The van der Waals surface area contributed by atoms with E-state index in [9.17, 15) is 9.59 Å². The lowest BCUT2D eigenvalue weighted by Gasteiger charge is -2.27. The predicted octanol–water partition coefficient (Wildman–Crippen LogP) is 2.45. The van der Waals surface area contributed by atoms with Gasteiger partial charge in [0.25, 0.3) is 5.91 Å². The summed E-state index contributed by atoms with van der Waals surface area (Å²) in [6.45, 7) is 8.86. The van der Waals surface area contributed by atoms with Crippen molar-refractivity contribution in [3.05, 3.63) is 24.0 Å². The van der Waals surface area contributed by atoms with E-state index in [1.54, 1.807) is 11.0 Å². The molecule has 0 bridgehead atoms. The maximum Gasteiger partial charge on any atom is 0.329 e. The van der Waals surface area contributed by atoms with Crippen LogP contribution in [0.25, 0.3) is 0 Å². The summed E-state index contributed by atoms with van der Waals surface area (Å²) in [5, 5.41) is 0. The van der Waals surface area contributed by atoms with Gasteiger partial charge in [0.15, 0.2) is 0 Å². The Morgan fingerprint density at radius 1 is 1.38 bits per heavy atom. The maximum absolute atomic E-state index is 12.7. The van der Waals surface area contributed by atoms with Crippen molar-refractivity contribution in [3.8, 4) is 0 Å². The Hall–Kier alpha value is -1.78. The molecule has 1 amide bonds. The van der Waals surface area contributed by atoms with Crippen LogP contribution in [0.1, 0.15) is 51.0 Å². The van der Waals surface area contributed by atoms with Gasteiger partial charge in [-0.25, -0.2) is 4.79 Å². The molecule has 21 heavy (non-hydrogen) atoms. The third-order valence-electron chi connectivity index (χ3n) is 3.58. The molecular weight excluding hydrogens is 268 g/mol. The summed E-state index contributed by atoms with van der Waals surface area (Å²) >= 11 is 0. The molecule has 0 radical (unpaired) electrons. The fourth-order valence-electron chi connectivity index (χ4n) is 2.66. The van der Waals surface area contributed by atoms with E-state index in [1.807, 2.05) is 44.5 Å². The van der Waals surface area contributed by atoms with Gasteiger partial charge in [0, 0.05) is 19.3 Å². The minimum absolute atomic E-state index is 0.0878. The second-order valence-electron chi connectivity index (χ2n) is 6.37. The third-order valence-corrected chi connectivity index (χ3v) is 3.58. The lowest BCUT2D eigenvalue weighted by molar-refractivity contribution is -0.159. The van der Waals surface area contributed by atoms with Crippen LogP contribution in [-0.4, -0.2) is 39.5 Å². The average molecular weight is 292 g/mol. The van der Waals surface area contributed by atoms with Crippen LogP contribution in [-0.2, 0) is 16.1 Å². The first-order chi connectivity index (χ1) is 9.83. The molecule has 1 atom stereocenters. The highest BCUT2D eigenvalue weighted by atomic mass is 16.6. The van der Waals surface area contributed by atoms with Gasteiger partial charge in [-0.3, -0.25) is 4.79 Å². The van der Waals surface area contributed by atoms with Crippen molar-refractivity contribution in [1.82, 2.24) is 9.47 Å². The molecule has 0 aliphatic carbocycles. The number of hydrogen-bond donors (Lipinski definition) is 0. The van der Waals surface area contributed by atoms with Gasteiger partial charge in [-0.1, -0.05) is 0 Å². The van der Waals surface area contributed by atoms with E-state index in [-0.39, 0.29) is 11.9 Å². The summed E-state index contributed by atoms with van der Waals surface area (Å²) in [5.74, 6) is -0.391. The lowest BCUT2D eigenvalue weighted by atomic mass is 10.1. The summed E-state index contributed by atoms with van der Waals surface area (Å²) in [6.07, 6.45) is 3.39. The molecule has 2 heterocycles. The second-order valence-corrected chi connectivity index (χ2v) is 6.37. The van der Waals surface area contributed by atoms with Crippen LogP contribution in [0.3, 0.4) is 0 Å². The van der Waals surface area contributed by atoms with E-state index < -0.39 is 11.6 Å². The van der Waals surface area contributed by atoms with E-state index in [1.165, 1.54) is 0 Å². The van der Waals surface area contributed by atoms with Crippen molar-refractivity contribution < 1.29 is 14.3 Å². The second kappa shape index (κ2) is 5.92. The van der Waals surface area contributed by atoms with Crippen molar-refractivity contribution in [2.24, 2.45) is 0 Å². The van der Waals surface area contributed by atoms with Crippen molar-refractivity contribution in [2.45, 2.75) is 58.7 Å².